The number of amides is 1. The van der Waals surface area contributed by atoms with Crippen LogP contribution in [-0.2, 0) is 4.79 Å². The Balaban J connectivity index is 2.22. The van der Waals surface area contributed by atoms with Crippen LogP contribution in [0.1, 0.15) is 6.42 Å². The fraction of sp³-hybridized carbons (Fsp3) is 0.364. The number of nitrogens with one attached hydrogen (secondary N) is 1. The highest BCUT2D eigenvalue weighted by Crippen LogP contribution is 2.27. The van der Waals surface area contributed by atoms with E-state index < -0.39 is 0 Å². The van der Waals surface area contributed by atoms with Gasteiger partial charge in [-0.3, -0.25) is 4.79 Å². The van der Waals surface area contributed by atoms with E-state index in [0.29, 0.717) is 29.7 Å². The normalized spacial score (nSPS) is 10.6. The number of fused-ring (bicyclic) bond motifs is 1. The van der Waals surface area contributed by atoms with Crippen LogP contribution in [-0.4, -0.2) is 36.9 Å². The number of nitrogen functional groups attached to an aromatic ring is 1. The molecule has 0 atom stereocenters. The van der Waals surface area contributed by atoms with Crippen LogP contribution >= 0.6 is 0 Å². The Bertz CT molecular complexity index is 566. The van der Waals surface area contributed by atoms with Crippen LogP contribution in [0.5, 0.6) is 0 Å². The molecule has 0 spiro atoms. The van der Waals surface area contributed by atoms with Crippen LogP contribution in [0.25, 0.3) is 11.0 Å². The maximum Gasteiger partial charge on any atom is 0.221 e. The zero-order valence-electron chi connectivity index (χ0n) is 10.3. The third-order valence-corrected chi connectivity index (χ3v) is 2.79. The van der Waals surface area contributed by atoms with E-state index in [4.69, 9.17) is 10.4 Å². The van der Waals surface area contributed by atoms with Gasteiger partial charge in [-0.2, -0.15) is 0 Å². The third kappa shape index (κ3) is 2.20. The summed E-state index contributed by atoms with van der Waals surface area (Å²) in [5, 5.41) is 10.2. The zero-order chi connectivity index (χ0) is 13.1. The minimum Gasteiger partial charge on any atom is -0.397 e. The van der Waals surface area contributed by atoms with E-state index in [2.05, 4.69) is 15.6 Å². The van der Waals surface area contributed by atoms with Crippen LogP contribution in [0.15, 0.2) is 16.8 Å². The molecule has 2 rings (SSSR count). The van der Waals surface area contributed by atoms with Crippen molar-refractivity contribution in [2.75, 3.05) is 31.3 Å². The van der Waals surface area contributed by atoms with Crippen LogP contribution in [0, 0.1) is 0 Å². The predicted octanol–water partition coefficient (Wildman–Crippen LogP) is 0.377. The van der Waals surface area contributed by atoms with Gasteiger partial charge in [0, 0.05) is 27.1 Å². The molecule has 2 aromatic rings. The second kappa shape index (κ2) is 4.91. The number of nitrogens with zero attached hydrogens (tertiary/aromatic N) is 3. The molecule has 1 aromatic carbocycles. The summed E-state index contributed by atoms with van der Waals surface area (Å²) in [6.45, 7) is 0.575. The monoisotopic (exact) mass is 249 g/mol. The van der Waals surface area contributed by atoms with Crippen LogP contribution in [0.2, 0.25) is 0 Å². The van der Waals surface area contributed by atoms with E-state index in [1.807, 2.05) is 18.0 Å². The average Bonchev–Trinajstić information content (AvgIpc) is 2.86. The molecule has 0 saturated carbocycles. The number of aromatic nitrogens is 2. The van der Waals surface area contributed by atoms with Crippen molar-refractivity contribution in [1.82, 2.24) is 15.6 Å². The molecule has 0 unspecified atom stereocenters. The first-order valence-electron chi connectivity index (χ1n) is 5.56. The van der Waals surface area contributed by atoms with Crippen molar-refractivity contribution in [2.45, 2.75) is 6.42 Å². The molecule has 1 heterocycles. The Hall–Kier alpha value is -2.31. The average molecular weight is 249 g/mol. The van der Waals surface area contributed by atoms with E-state index in [9.17, 15) is 4.79 Å². The van der Waals surface area contributed by atoms with E-state index in [1.54, 1.807) is 13.1 Å². The Morgan fingerprint density at radius 1 is 1.44 bits per heavy atom. The second-order valence-electron chi connectivity index (χ2n) is 3.98. The fourth-order valence-corrected chi connectivity index (χ4v) is 1.70. The first-order valence-corrected chi connectivity index (χ1v) is 5.56. The van der Waals surface area contributed by atoms with E-state index in [1.165, 1.54) is 0 Å². The summed E-state index contributed by atoms with van der Waals surface area (Å²) in [4.78, 5) is 13.1. The number of hydrogen-bond acceptors (Lipinski definition) is 6. The standard InChI is InChI=1S/C11H15N5O2/c1-13-9(17)5-6-16(2)8-4-3-7(12)10-11(8)15-18-14-10/h3-4H,5-6,12H2,1-2H3,(H,13,17). The molecular formula is C11H15N5O2. The molecule has 1 aromatic heterocycles. The number of hydrogen-bond donors (Lipinski definition) is 2. The van der Waals surface area contributed by atoms with E-state index in [-0.39, 0.29) is 5.91 Å². The molecule has 0 aliphatic heterocycles. The summed E-state index contributed by atoms with van der Waals surface area (Å²) < 4.78 is 4.70. The Labute approximate surface area is 104 Å². The highest BCUT2D eigenvalue weighted by molar-refractivity contribution is 5.95. The maximum atomic E-state index is 11.2. The lowest BCUT2D eigenvalue weighted by atomic mass is 10.2. The highest BCUT2D eigenvalue weighted by Gasteiger charge is 2.13. The first-order chi connectivity index (χ1) is 8.63. The largest absolute Gasteiger partial charge is 0.397 e. The zero-order valence-corrected chi connectivity index (χ0v) is 10.3. The number of anilines is 2. The summed E-state index contributed by atoms with van der Waals surface area (Å²) >= 11 is 0. The van der Waals surface area contributed by atoms with Gasteiger partial charge < -0.3 is 16.0 Å². The van der Waals surface area contributed by atoms with E-state index in [0.717, 1.165) is 5.69 Å². The van der Waals surface area contributed by atoms with Crippen molar-refractivity contribution < 1.29 is 9.42 Å². The molecule has 0 saturated heterocycles. The van der Waals surface area contributed by atoms with Crippen LogP contribution in [0.4, 0.5) is 11.4 Å². The molecule has 7 nitrogen and oxygen atoms in total. The van der Waals surface area contributed by atoms with Gasteiger partial charge in [-0.25, -0.2) is 4.63 Å². The molecule has 0 radical (unpaired) electrons. The quantitative estimate of drug-likeness (QED) is 0.760. The summed E-state index contributed by atoms with van der Waals surface area (Å²) in [7, 11) is 3.49. The van der Waals surface area contributed by atoms with Crippen molar-refractivity contribution >= 4 is 28.3 Å². The molecule has 3 N–H and O–H groups in total. The molecule has 96 valence electrons. The number of rotatable bonds is 4. The van der Waals surface area contributed by atoms with Gasteiger partial charge in [0.05, 0.1) is 11.4 Å². The first kappa shape index (κ1) is 12.2. The van der Waals surface area contributed by atoms with Gasteiger partial charge in [0.15, 0.2) is 11.0 Å². The van der Waals surface area contributed by atoms with Gasteiger partial charge in [-0.05, 0) is 22.4 Å². The van der Waals surface area contributed by atoms with Crippen molar-refractivity contribution in [3.05, 3.63) is 12.1 Å². The van der Waals surface area contributed by atoms with Crippen LogP contribution < -0.4 is 16.0 Å². The number of benzene rings is 1. The van der Waals surface area contributed by atoms with Gasteiger partial charge in [-0.15, -0.1) is 0 Å². The van der Waals surface area contributed by atoms with Crippen molar-refractivity contribution in [2.24, 2.45) is 0 Å². The third-order valence-electron chi connectivity index (χ3n) is 2.79. The molecule has 7 heteroatoms. The predicted molar refractivity (Wildman–Crippen MR) is 68.2 cm³/mol. The maximum absolute atomic E-state index is 11.2. The lowest BCUT2D eigenvalue weighted by Crippen LogP contribution is -2.26. The molecular weight excluding hydrogens is 234 g/mol. The lowest BCUT2D eigenvalue weighted by Gasteiger charge is -2.18. The SMILES string of the molecule is CNC(=O)CCN(C)c1ccc(N)c2nonc12. The minimum absolute atomic E-state index is 0.00758. The topological polar surface area (TPSA) is 97.3 Å². The van der Waals surface area contributed by atoms with Gasteiger partial charge >= 0.3 is 0 Å². The van der Waals surface area contributed by atoms with Crippen LogP contribution in [0.3, 0.4) is 0 Å². The summed E-state index contributed by atoms with van der Waals surface area (Å²) in [5.41, 5.74) is 8.28. The molecule has 0 aliphatic rings. The molecule has 0 aliphatic carbocycles. The molecule has 18 heavy (non-hydrogen) atoms. The molecule has 0 bridgehead atoms. The smallest absolute Gasteiger partial charge is 0.221 e. The summed E-state index contributed by atoms with van der Waals surface area (Å²) in [5.74, 6) is -0.00758. The van der Waals surface area contributed by atoms with Gasteiger partial charge in [0.2, 0.25) is 5.91 Å². The fourth-order valence-electron chi connectivity index (χ4n) is 1.70. The van der Waals surface area contributed by atoms with Crippen molar-refractivity contribution in [3.63, 3.8) is 0 Å². The Morgan fingerprint density at radius 3 is 2.89 bits per heavy atom. The van der Waals surface area contributed by atoms with E-state index >= 15 is 0 Å². The molecule has 0 fully saturated rings. The van der Waals surface area contributed by atoms with Crippen molar-refractivity contribution in [1.29, 1.82) is 0 Å². The van der Waals surface area contributed by atoms with Gasteiger partial charge in [-0.1, -0.05) is 0 Å². The summed E-state index contributed by atoms with van der Waals surface area (Å²) in [6.07, 6.45) is 0.407. The van der Waals surface area contributed by atoms with Gasteiger partial charge in [0.1, 0.15) is 0 Å². The van der Waals surface area contributed by atoms with Crippen molar-refractivity contribution in [3.8, 4) is 0 Å². The number of nitrogens with two attached hydrogens (primary N) is 1. The Morgan fingerprint density at radius 2 is 2.17 bits per heavy atom. The number of carbonyl (C=O) groups is 1. The molecule has 1 amide bonds. The minimum atomic E-state index is -0.00758. The second-order valence-corrected chi connectivity index (χ2v) is 3.98. The highest BCUT2D eigenvalue weighted by atomic mass is 16.6. The summed E-state index contributed by atoms with van der Waals surface area (Å²) in [6, 6.07) is 3.59. The number of carbonyl (C=O) groups excluding carboxylic acids is 1. The Kier molecular flexibility index (Phi) is 3.31. The van der Waals surface area contributed by atoms with Gasteiger partial charge in [0.25, 0.3) is 0 Å². The lowest BCUT2D eigenvalue weighted by molar-refractivity contribution is -0.120.